The van der Waals surface area contributed by atoms with Crippen molar-refractivity contribution in [3.8, 4) is 11.1 Å². The predicted octanol–water partition coefficient (Wildman–Crippen LogP) is 12.5. The molecule has 0 amide bonds. The lowest BCUT2D eigenvalue weighted by Gasteiger charge is -2.48. The topological polar surface area (TPSA) is 3.24 Å². The first-order chi connectivity index (χ1) is 29.8. The van der Waals surface area contributed by atoms with Crippen molar-refractivity contribution >= 4 is 74.7 Å². The fourth-order valence-electron chi connectivity index (χ4n) is 10.3. The summed E-state index contributed by atoms with van der Waals surface area (Å²) in [5.74, 6) is 0. The molecule has 10 aromatic carbocycles. The smallest absolute Gasteiger partial charge is 0.133 e. The monoisotopic (exact) mass is 797 g/mol. The van der Waals surface area contributed by atoms with Crippen LogP contribution in [0.15, 0.2) is 240 Å². The molecule has 0 radical (unpaired) electrons. The van der Waals surface area contributed by atoms with Crippen LogP contribution in [0.25, 0.3) is 32.7 Å². The lowest BCUT2D eigenvalue weighted by molar-refractivity contribution is 0.708. The Morgan fingerprint density at radius 2 is 0.883 bits per heavy atom. The van der Waals surface area contributed by atoms with Crippen LogP contribution in [0.4, 0.5) is 17.1 Å². The first-order valence-electron chi connectivity index (χ1n) is 20.8. The molecule has 282 valence electrons. The molecule has 12 rings (SSSR count). The Kier molecular flexibility index (Phi) is 8.26. The van der Waals surface area contributed by atoms with E-state index in [-0.39, 0.29) is 0 Å². The van der Waals surface area contributed by atoms with Crippen molar-refractivity contribution in [1.29, 1.82) is 0 Å². The summed E-state index contributed by atoms with van der Waals surface area (Å²) in [6.07, 6.45) is 0. The molecule has 10 aromatic rings. The van der Waals surface area contributed by atoms with E-state index in [1.54, 1.807) is 0 Å². The molecule has 1 nitrogen and oxygen atoms in total. The van der Waals surface area contributed by atoms with Gasteiger partial charge in [0.25, 0.3) is 0 Å². The molecule has 0 N–H and O–H groups in total. The summed E-state index contributed by atoms with van der Waals surface area (Å²) in [7, 11) is -1.93. The maximum absolute atomic E-state index is 2.56. The molecule has 0 saturated heterocycles. The number of benzene rings is 10. The molecule has 0 bridgehead atoms. The number of anilines is 3. The van der Waals surface area contributed by atoms with Crippen molar-refractivity contribution in [2.75, 3.05) is 4.90 Å². The van der Waals surface area contributed by atoms with Gasteiger partial charge in [0.05, 0.1) is 5.41 Å². The van der Waals surface area contributed by atoms with E-state index < -0.39 is 14.2 Å². The Balaban J connectivity index is 1.15. The van der Waals surface area contributed by atoms with E-state index in [1.807, 2.05) is 11.8 Å². The minimum absolute atomic E-state index is 0.510. The molecular formula is C57H39NSSi. The van der Waals surface area contributed by atoms with Crippen molar-refractivity contribution in [2.45, 2.75) is 15.2 Å². The van der Waals surface area contributed by atoms with Crippen molar-refractivity contribution in [3.63, 3.8) is 0 Å². The van der Waals surface area contributed by atoms with Crippen molar-refractivity contribution < 1.29 is 0 Å². The van der Waals surface area contributed by atoms with E-state index in [4.69, 9.17) is 0 Å². The molecule has 2 heterocycles. The van der Waals surface area contributed by atoms with Gasteiger partial charge in [-0.05, 0) is 114 Å². The molecule has 3 heteroatoms. The highest BCUT2D eigenvalue weighted by Gasteiger charge is 2.51. The molecule has 0 aliphatic carbocycles. The van der Waals surface area contributed by atoms with Crippen molar-refractivity contribution in [1.82, 2.24) is 0 Å². The first-order valence-corrected chi connectivity index (χ1v) is 23.3. The Labute approximate surface area is 356 Å². The molecule has 2 aliphatic heterocycles. The summed E-state index contributed by atoms with van der Waals surface area (Å²) in [5.41, 5.74) is 10.8. The van der Waals surface area contributed by atoms with Crippen LogP contribution in [-0.4, -0.2) is 8.80 Å². The minimum atomic E-state index is -1.93. The third kappa shape index (κ3) is 5.40. The first kappa shape index (κ1) is 35.1. The summed E-state index contributed by atoms with van der Waals surface area (Å²) < 4.78 is 0. The Morgan fingerprint density at radius 1 is 0.350 bits per heavy atom. The highest BCUT2D eigenvalue weighted by atomic mass is 32.2. The van der Waals surface area contributed by atoms with E-state index in [2.05, 4.69) is 235 Å². The fraction of sp³-hybridized carbons (Fsp3) is 0.0175. The number of nitrogens with zero attached hydrogens (tertiary/aromatic N) is 1. The summed E-state index contributed by atoms with van der Waals surface area (Å²) in [6.45, 7) is 0. The number of hydrogen-bond acceptors (Lipinski definition) is 2. The van der Waals surface area contributed by atoms with Crippen LogP contribution in [-0.2, 0) is 5.41 Å². The summed E-state index contributed by atoms with van der Waals surface area (Å²) in [5, 5.41) is 9.44. The Morgan fingerprint density at radius 3 is 1.65 bits per heavy atom. The second-order valence-electron chi connectivity index (χ2n) is 16.0. The zero-order chi connectivity index (χ0) is 39.6. The van der Waals surface area contributed by atoms with Gasteiger partial charge < -0.3 is 4.90 Å². The van der Waals surface area contributed by atoms with Crippen LogP contribution in [0.2, 0.25) is 0 Å². The van der Waals surface area contributed by atoms with Gasteiger partial charge in [0.1, 0.15) is 8.80 Å². The number of hydrogen-bond donors (Lipinski definition) is 0. The SMILES string of the molecule is c1ccc(-c2ccc(N(c3ccc4c(c3)C3(c5ccccc5Sc5ccccc53)c3ccccc3[SiH]4c3ccccc3)c3ccc4c(ccc5ccccc54)c3)cc2)cc1. The van der Waals surface area contributed by atoms with Gasteiger partial charge in [-0.15, -0.1) is 0 Å². The molecule has 1 spiro atoms. The standard InChI is InChI=1S/C57H39NSSi/c1-3-15-39(16-4-1)40-29-31-43(32-30-40)58(44-33-35-48-42(37-44)28-27-41-17-7-8-20-47(41)48)45-34-36-56-52(38-45)57(49-21-9-12-24-53(49)59-54-25-13-10-22-50(54)57)51-23-11-14-26-55(51)60(56)46-18-5-2-6-19-46/h1-38,60H. The zero-order valence-electron chi connectivity index (χ0n) is 32.9. The zero-order valence-corrected chi connectivity index (χ0v) is 34.8. The summed E-state index contributed by atoms with van der Waals surface area (Å²) >= 11 is 1.90. The average molecular weight is 798 g/mol. The van der Waals surface area contributed by atoms with Crippen LogP contribution < -0.4 is 20.5 Å². The Hall–Kier alpha value is -6.91. The van der Waals surface area contributed by atoms with Gasteiger partial charge in [-0.25, -0.2) is 0 Å². The van der Waals surface area contributed by atoms with E-state index in [0.29, 0.717) is 0 Å². The molecule has 0 saturated carbocycles. The highest BCUT2D eigenvalue weighted by molar-refractivity contribution is 7.99. The molecule has 60 heavy (non-hydrogen) atoms. The van der Waals surface area contributed by atoms with Gasteiger partial charge in [-0.3, -0.25) is 0 Å². The predicted molar refractivity (Wildman–Crippen MR) is 256 cm³/mol. The molecule has 1 atom stereocenters. The van der Waals surface area contributed by atoms with Gasteiger partial charge in [-0.1, -0.05) is 199 Å². The van der Waals surface area contributed by atoms with Crippen molar-refractivity contribution in [2.24, 2.45) is 0 Å². The minimum Gasteiger partial charge on any atom is -0.310 e. The second kappa shape index (κ2) is 14.1. The average Bonchev–Trinajstić information content (AvgIpc) is 3.32. The quantitative estimate of drug-likeness (QED) is 0.126. The number of rotatable bonds is 5. The fourth-order valence-corrected chi connectivity index (χ4v) is 14.9. The van der Waals surface area contributed by atoms with Crippen LogP contribution >= 0.6 is 11.8 Å². The molecule has 0 fully saturated rings. The van der Waals surface area contributed by atoms with Gasteiger partial charge >= 0.3 is 0 Å². The molecule has 1 unspecified atom stereocenters. The van der Waals surface area contributed by atoms with Crippen LogP contribution in [0.5, 0.6) is 0 Å². The third-order valence-electron chi connectivity index (χ3n) is 12.8. The molecule has 2 aliphatic rings. The van der Waals surface area contributed by atoms with E-state index in [9.17, 15) is 0 Å². The normalized spacial score (nSPS) is 14.6. The van der Waals surface area contributed by atoms with Crippen molar-refractivity contribution in [3.05, 3.63) is 253 Å². The van der Waals surface area contributed by atoms with E-state index in [0.717, 1.165) is 17.1 Å². The van der Waals surface area contributed by atoms with E-state index in [1.165, 1.54) is 80.3 Å². The van der Waals surface area contributed by atoms with Crippen LogP contribution in [0, 0.1) is 0 Å². The molecular weight excluding hydrogens is 759 g/mol. The van der Waals surface area contributed by atoms with Crippen LogP contribution in [0.1, 0.15) is 22.3 Å². The largest absolute Gasteiger partial charge is 0.310 e. The third-order valence-corrected chi connectivity index (χ3v) is 17.3. The maximum Gasteiger partial charge on any atom is 0.133 e. The van der Waals surface area contributed by atoms with Gasteiger partial charge in [-0.2, -0.15) is 0 Å². The van der Waals surface area contributed by atoms with Gasteiger partial charge in [0, 0.05) is 26.9 Å². The summed E-state index contributed by atoms with van der Waals surface area (Å²) in [4.78, 5) is 5.11. The van der Waals surface area contributed by atoms with Crippen LogP contribution in [0.3, 0.4) is 0 Å². The number of fused-ring (bicyclic) bond motifs is 11. The Bertz CT molecular complexity index is 3200. The van der Waals surface area contributed by atoms with Gasteiger partial charge in [0.2, 0.25) is 0 Å². The molecule has 0 aromatic heterocycles. The van der Waals surface area contributed by atoms with Gasteiger partial charge in [0.15, 0.2) is 0 Å². The summed E-state index contributed by atoms with van der Waals surface area (Å²) in [6, 6.07) is 86.5. The second-order valence-corrected chi connectivity index (χ2v) is 19.8. The lowest BCUT2D eigenvalue weighted by atomic mass is 9.64. The maximum atomic E-state index is 2.56. The lowest BCUT2D eigenvalue weighted by Crippen LogP contribution is -2.62. The van der Waals surface area contributed by atoms with E-state index >= 15 is 0 Å². The highest BCUT2D eigenvalue weighted by Crippen LogP contribution is 2.56.